The van der Waals surface area contributed by atoms with Gasteiger partial charge in [0.15, 0.2) is 0 Å². The van der Waals surface area contributed by atoms with Crippen LogP contribution in [0.25, 0.3) is 6.08 Å². The summed E-state index contributed by atoms with van der Waals surface area (Å²) < 4.78 is 0. The summed E-state index contributed by atoms with van der Waals surface area (Å²) in [6, 6.07) is 6.80. The van der Waals surface area contributed by atoms with Crippen LogP contribution in [0.2, 0.25) is 0 Å². The van der Waals surface area contributed by atoms with Crippen molar-refractivity contribution < 1.29 is 0 Å². The third-order valence-corrected chi connectivity index (χ3v) is 3.55. The molecule has 1 aliphatic carbocycles. The van der Waals surface area contributed by atoms with Crippen molar-refractivity contribution in [1.29, 1.82) is 0 Å². The second kappa shape index (κ2) is 11.6. The topological polar surface area (TPSA) is 12.0 Å². The fourth-order valence-electron chi connectivity index (χ4n) is 2.49. The van der Waals surface area contributed by atoms with Crippen molar-refractivity contribution >= 4 is 6.08 Å². The second-order valence-electron chi connectivity index (χ2n) is 5.20. The van der Waals surface area contributed by atoms with Gasteiger partial charge in [-0.15, -0.1) is 0 Å². The molecular formula is C20H35N. The van der Waals surface area contributed by atoms with Gasteiger partial charge in [0.05, 0.1) is 0 Å². The number of hydrogen-bond acceptors (Lipinski definition) is 1. The van der Waals surface area contributed by atoms with Crippen LogP contribution in [-0.2, 0) is 6.42 Å². The molecule has 120 valence electrons. The average molecular weight is 290 g/mol. The summed E-state index contributed by atoms with van der Waals surface area (Å²) in [5.41, 5.74) is 5.85. The molecule has 1 aromatic carbocycles. The molecule has 1 aromatic rings. The molecule has 0 amide bonds. The summed E-state index contributed by atoms with van der Waals surface area (Å²) in [7, 11) is 0. The number of rotatable bonds is 4. The zero-order valence-corrected chi connectivity index (χ0v) is 15.2. The van der Waals surface area contributed by atoms with Crippen LogP contribution in [0.1, 0.15) is 64.7 Å². The molecule has 0 bridgehead atoms. The molecule has 2 rings (SSSR count). The molecule has 1 heteroatoms. The first-order valence-corrected chi connectivity index (χ1v) is 8.71. The largest absolute Gasteiger partial charge is 0.313 e. The molecule has 21 heavy (non-hydrogen) atoms. The normalized spacial score (nSPS) is 15.8. The van der Waals surface area contributed by atoms with Gasteiger partial charge in [-0.2, -0.15) is 0 Å². The van der Waals surface area contributed by atoms with Crippen LogP contribution < -0.4 is 5.32 Å². The minimum absolute atomic E-state index is 0.675. The van der Waals surface area contributed by atoms with E-state index in [9.17, 15) is 0 Å². The maximum atomic E-state index is 3.51. The lowest BCUT2D eigenvalue weighted by Crippen LogP contribution is -2.23. The third-order valence-electron chi connectivity index (χ3n) is 3.55. The minimum atomic E-state index is 0.675. The van der Waals surface area contributed by atoms with E-state index >= 15 is 0 Å². The standard InChI is InChI=1S/C16H23N.2C2H6/c1-4-7-17-11-16-10-14-6-5-12(2)8-15(14)9-13(16)3;2*1-2/h5-6,8,10,13,17H,4,7,9,11H2,1-3H3;2*1-2H3/t13-;;/m0../s1. The molecule has 1 nitrogen and oxygen atoms in total. The van der Waals surface area contributed by atoms with E-state index in [0.29, 0.717) is 5.92 Å². The van der Waals surface area contributed by atoms with Crippen LogP contribution in [0, 0.1) is 12.8 Å². The molecule has 1 N–H and O–H groups in total. The van der Waals surface area contributed by atoms with Gasteiger partial charge >= 0.3 is 0 Å². The highest BCUT2D eigenvalue weighted by atomic mass is 14.8. The van der Waals surface area contributed by atoms with Crippen molar-refractivity contribution in [3.63, 3.8) is 0 Å². The highest BCUT2D eigenvalue weighted by Crippen LogP contribution is 2.28. The van der Waals surface area contributed by atoms with Gasteiger partial charge in [-0.05, 0) is 43.4 Å². The number of nitrogens with one attached hydrogen (secondary N) is 1. The van der Waals surface area contributed by atoms with Gasteiger partial charge in [-0.25, -0.2) is 0 Å². The van der Waals surface area contributed by atoms with Gasteiger partial charge in [0, 0.05) is 6.54 Å². The van der Waals surface area contributed by atoms with E-state index in [2.05, 4.69) is 50.4 Å². The first-order valence-electron chi connectivity index (χ1n) is 8.71. The SMILES string of the molecule is CC.CC.CCCNCC1=Cc2ccc(C)cc2C[C@@H]1C. The van der Waals surface area contributed by atoms with E-state index in [1.54, 1.807) is 5.57 Å². The van der Waals surface area contributed by atoms with E-state index in [4.69, 9.17) is 0 Å². The lowest BCUT2D eigenvalue weighted by atomic mass is 9.84. The Kier molecular flexibility index (Phi) is 11.0. The Morgan fingerprint density at radius 3 is 2.43 bits per heavy atom. The summed E-state index contributed by atoms with van der Waals surface area (Å²) in [4.78, 5) is 0. The van der Waals surface area contributed by atoms with Gasteiger partial charge in [-0.1, -0.05) is 77.0 Å². The van der Waals surface area contributed by atoms with E-state index < -0.39 is 0 Å². The summed E-state index contributed by atoms with van der Waals surface area (Å²) in [5, 5.41) is 3.51. The lowest BCUT2D eigenvalue weighted by Gasteiger charge is -2.23. The molecule has 0 aromatic heterocycles. The Morgan fingerprint density at radius 1 is 1.14 bits per heavy atom. The molecule has 0 saturated heterocycles. The summed E-state index contributed by atoms with van der Waals surface area (Å²) in [6.07, 6.45) is 4.78. The van der Waals surface area contributed by atoms with Crippen LogP contribution >= 0.6 is 0 Å². The molecule has 0 saturated carbocycles. The van der Waals surface area contributed by atoms with Crippen LogP contribution in [0.4, 0.5) is 0 Å². The molecule has 0 unspecified atom stereocenters. The minimum Gasteiger partial charge on any atom is -0.313 e. The van der Waals surface area contributed by atoms with E-state index in [1.807, 2.05) is 27.7 Å². The molecule has 0 radical (unpaired) electrons. The molecule has 1 aliphatic rings. The highest BCUT2D eigenvalue weighted by Gasteiger charge is 2.16. The Hall–Kier alpha value is -1.08. The van der Waals surface area contributed by atoms with Crippen LogP contribution in [0.3, 0.4) is 0 Å². The first-order chi connectivity index (χ1) is 10.2. The van der Waals surface area contributed by atoms with Gasteiger partial charge in [0.1, 0.15) is 0 Å². The maximum Gasteiger partial charge on any atom is 0.0170 e. The number of aryl methyl sites for hydroxylation is 1. The summed E-state index contributed by atoms with van der Waals surface area (Å²) >= 11 is 0. The summed E-state index contributed by atoms with van der Waals surface area (Å²) in [5.74, 6) is 0.675. The molecule has 0 spiro atoms. The van der Waals surface area contributed by atoms with Gasteiger partial charge in [0.25, 0.3) is 0 Å². The van der Waals surface area contributed by atoms with Gasteiger partial charge in [0.2, 0.25) is 0 Å². The summed E-state index contributed by atoms with van der Waals surface area (Å²) in [6.45, 7) is 16.9. The predicted octanol–water partition coefficient (Wildman–Crippen LogP) is 5.62. The fourth-order valence-corrected chi connectivity index (χ4v) is 2.49. The van der Waals surface area contributed by atoms with E-state index in [0.717, 1.165) is 13.1 Å². The van der Waals surface area contributed by atoms with Crippen LogP contribution in [0.15, 0.2) is 23.8 Å². The Morgan fingerprint density at radius 2 is 1.81 bits per heavy atom. The Labute approximate surface area is 132 Å². The molecule has 1 atom stereocenters. The first kappa shape index (κ1) is 19.9. The van der Waals surface area contributed by atoms with Crippen LogP contribution in [-0.4, -0.2) is 13.1 Å². The maximum absolute atomic E-state index is 3.51. The smallest absolute Gasteiger partial charge is 0.0170 e. The quantitative estimate of drug-likeness (QED) is 0.709. The van der Waals surface area contributed by atoms with Crippen molar-refractivity contribution in [3.05, 3.63) is 40.5 Å². The van der Waals surface area contributed by atoms with Crippen molar-refractivity contribution in [1.82, 2.24) is 5.32 Å². The predicted molar refractivity (Wildman–Crippen MR) is 97.9 cm³/mol. The van der Waals surface area contributed by atoms with E-state index in [-0.39, 0.29) is 0 Å². The average Bonchev–Trinajstić information content (AvgIpc) is 2.52. The zero-order chi connectivity index (χ0) is 16.3. The molecule has 0 heterocycles. The lowest BCUT2D eigenvalue weighted by molar-refractivity contribution is 0.611. The molecular weight excluding hydrogens is 254 g/mol. The van der Waals surface area contributed by atoms with Crippen LogP contribution in [0.5, 0.6) is 0 Å². The fraction of sp³-hybridized carbons (Fsp3) is 0.600. The van der Waals surface area contributed by atoms with Crippen molar-refractivity contribution in [2.24, 2.45) is 5.92 Å². The van der Waals surface area contributed by atoms with Gasteiger partial charge < -0.3 is 5.32 Å². The van der Waals surface area contributed by atoms with Crippen molar-refractivity contribution in [3.8, 4) is 0 Å². The Bertz CT molecular complexity index is 418. The third kappa shape index (κ3) is 6.48. The molecule has 0 fully saturated rings. The second-order valence-corrected chi connectivity index (χ2v) is 5.20. The monoisotopic (exact) mass is 289 g/mol. The van der Waals surface area contributed by atoms with E-state index in [1.165, 1.54) is 29.5 Å². The van der Waals surface area contributed by atoms with Crippen molar-refractivity contribution in [2.75, 3.05) is 13.1 Å². The highest BCUT2D eigenvalue weighted by molar-refractivity contribution is 5.61. The van der Waals surface area contributed by atoms with Gasteiger partial charge in [-0.3, -0.25) is 0 Å². The van der Waals surface area contributed by atoms with Crippen molar-refractivity contribution in [2.45, 2.75) is 61.3 Å². The number of fused-ring (bicyclic) bond motifs is 1. The number of hydrogen-bond donors (Lipinski definition) is 1. The number of benzene rings is 1. The zero-order valence-electron chi connectivity index (χ0n) is 15.2. The molecule has 0 aliphatic heterocycles. The Balaban J connectivity index is 0.000000921.